The highest BCUT2D eigenvalue weighted by Gasteiger charge is 2.15. The Bertz CT molecular complexity index is 735. The standard InChI is InChI=1S/C19H22IN3O2/c1-19(2,3)23-18(25)13-4-8-16(9-5-13)22-17(24)12-21-15-10-6-14(20)7-11-15/h4-11,21H,12H2,1-3H3,(H,22,24)(H,23,25). The summed E-state index contributed by atoms with van der Waals surface area (Å²) in [5.41, 5.74) is 1.82. The van der Waals surface area contributed by atoms with Crippen molar-refractivity contribution in [2.45, 2.75) is 26.3 Å². The molecule has 2 rings (SSSR count). The minimum atomic E-state index is -0.287. The molecule has 0 saturated carbocycles. The first-order valence-electron chi connectivity index (χ1n) is 7.95. The van der Waals surface area contributed by atoms with E-state index < -0.39 is 0 Å². The van der Waals surface area contributed by atoms with Crippen LogP contribution >= 0.6 is 22.6 Å². The fourth-order valence-electron chi connectivity index (χ4n) is 2.07. The number of carbonyl (C=O) groups excluding carboxylic acids is 2. The number of halogens is 1. The maximum absolute atomic E-state index is 12.1. The van der Waals surface area contributed by atoms with Gasteiger partial charge in [0.15, 0.2) is 0 Å². The van der Waals surface area contributed by atoms with Gasteiger partial charge in [-0.25, -0.2) is 0 Å². The van der Waals surface area contributed by atoms with Crippen LogP contribution in [0.5, 0.6) is 0 Å². The van der Waals surface area contributed by atoms with Gasteiger partial charge in [0.05, 0.1) is 6.54 Å². The zero-order valence-electron chi connectivity index (χ0n) is 14.5. The van der Waals surface area contributed by atoms with E-state index in [0.29, 0.717) is 11.3 Å². The van der Waals surface area contributed by atoms with Crippen LogP contribution in [-0.4, -0.2) is 23.9 Å². The summed E-state index contributed by atoms with van der Waals surface area (Å²) < 4.78 is 1.14. The van der Waals surface area contributed by atoms with Crippen molar-refractivity contribution in [1.82, 2.24) is 5.32 Å². The van der Waals surface area contributed by atoms with Crippen molar-refractivity contribution in [2.24, 2.45) is 0 Å². The normalized spacial score (nSPS) is 10.9. The van der Waals surface area contributed by atoms with Crippen molar-refractivity contribution < 1.29 is 9.59 Å². The van der Waals surface area contributed by atoms with Gasteiger partial charge < -0.3 is 16.0 Å². The van der Waals surface area contributed by atoms with Crippen molar-refractivity contribution in [3.63, 3.8) is 0 Å². The first-order chi connectivity index (χ1) is 11.7. The topological polar surface area (TPSA) is 70.2 Å². The van der Waals surface area contributed by atoms with Gasteiger partial charge in [-0.3, -0.25) is 9.59 Å². The fraction of sp³-hybridized carbons (Fsp3) is 0.263. The summed E-state index contributed by atoms with van der Waals surface area (Å²) >= 11 is 2.23. The zero-order valence-corrected chi connectivity index (χ0v) is 16.7. The lowest BCUT2D eigenvalue weighted by Crippen LogP contribution is -2.40. The Labute approximate surface area is 161 Å². The maximum atomic E-state index is 12.1. The summed E-state index contributed by atoms with van der Waals surface area (Å²) in [6, 6.07) is 14.6. The molecular formula is C19H22IN3O2. The second kappa shape index (κ2) is 8.33. The van der Waals surface area contributed by atoms with E-state index in [1.807, 2.05) is 45.0 Å². The number of benzene rings is 2. The molecule has 0 bridgehead atoms. The minimum absolute atomic E-state index is 0.134. The average Bonchev–Trinajstić information content (AvgIpc) is 2.53. The maximum Gasteiger partial charge on any atom is 0.251 e. The lowest BCUT2D eigenvalue weighted by molar-refractivity contribution is -0.114. The highest BCUT2D eigenvalue weighted by Crippen LogP contribution is 2.12. The van der Waals surface area contributed by atoms with Crippen LogP contribution < -0.4 is 16.0 Å². The van der Waals surface area contributed by atoms with Crippen LogP contribution in [0.3, 0.4) is 0 Å². The number of nitrogens with one attached hydrogen (secondary N) is 3. The van der Waals surface area contributed by atoms with E-state index >= 15 is 0 Å². The van der Waals surface area contributed by atoms with Crippen LogP contribution in [0.15, 0.2) is 48.5 Å². The number of rotatable bonds is 5. The highest BCUT2D eigenvalue weighted by atomic mass is 127. The second-order valence-electron chi connectivity index (χ2n) is 6.69. The molecule has 0 atom stereocenters. The molecule has 0 radical (unpaired) electrons. The van der Waals surface area contributed by atoms with E-state index in [4.69, 9.17) is 0 Å². The quantitative estimate of drug-likeness (QED) is 0.605. The molecule has 25 heavy (non-hydrogen) atoms. The third-order valence-electron chi connectivity index (χ3n) is 3.22. The van der Waals surface area contributed by atoms with E-state index in [2.05, 4.69) is 38.5 Å². The molecule has 6 heteroatoms. The zero-order chi connectivity index (χ0) is 18.4. The Morgan fingerprint density at radius 3 is 2.04 bits per heavy atom. The van der Waals surface area contributed by atoms with Crippen molar-refractivity contribution >= 4 is 45.8 Å². The molecule has 2 aromatic carbocycles. The SMILES string of the molecule is CC(C)(C)NC(=O)c1ccc(NC(=O)CNc2ccc(I)cc2)cc1. The van der Waals surface area contributed by atoms with Gasteiger partial charge in [-0.1, -0.05) is 0 Å². The molecule has 0 spiro atoms. The van der Waals surface area contributed by atoms with Crippen molar-refractivity contribution in [1.29, 1.82) is 0 Å². The van der Waals surface area contributed by atoms with E-state index in [-0.39, 0.29) is 23.9 Å². The molecule has 0 heterocycles. The number of hydrogen-bond acceptors (Lipinski definition) is 3. The molecule has 3 N–H and O–H groups in total. The van der Waals surface area contributed by atoms with Gasteiger partial charge in [0, 0.05) is 26.0 Å². The van der Waals surface area contributed by atoms with Gasteiger partial charge in [0.2, 0.25) is 5.91 Å². The minimum Gasteiger partial charge on any atom is -0.376 e. The van der Waals surface area contributed by atoms with E-state index in [9.17, 15) is 9.59 Å². The largest absolute Gasteiger partial charge is 0.376 e. The molecule has 132 valence electrons. The predicted octanol–water partition coefficient (Wildman–Crippen LogP) is 3.87. The molecule has 0 saturated heterocycles. The van der Waals surface area contributed by atoms with Gasteiger partial charge in [0.25, 0.3) is 5.91 Å². The fourth-order valence-corrected chi connectivity index (χ4v) is 2.43. The molecule has 0 aromatic heterocycles. The smallest absolute Gasteiger partial charge is 0.251 e. The van der Waals surface area contributed by atoms with Gasteiger partial charge >= 0.3 is 0 Å². The van der Waals surface area contributed by atoms with Crippen LogP contribution in [0.4, 0.5) is 11.4 Å². The molecule has 0 unspecified atom stereocenters. The molecule has 0 aliphatic heterocycles. The molecule has 2 aromatic rings. The summed E-state index contributed by atoms with van der Waals surface area (Å²) in [6.45, 7) is 5.97. The third-order valence-corrected chi connectivity index (χ3v) is 3.94. The van der Waals surface area contributed by atoms with Crippen molar-refractivity contribution in [3.8, 4) is 0 Å². The van der Waals surface area contributed by atoms with Crippen molar-refractivity contribution in [2.75, 3.05) is 17.2 Å². The van der Waals surface area contributed by atoms with E-state index in [0.717, 1.165) is 9.26 Å². The van der Waals surface area contributed by atoms with E-state index in [1.165, 1.54) is 0 Å². The monoisotopic (exact) mass is 451 g/mol. The summed E-state index contributed by atoms with van der Waals surface area (Å²) in [7, 11) is 0. The molecule has 0 aliphatic carbocycles. The molecular weight excluding hydrogens is 429 g/mol. The molecule has 2 amide bonds. The predicted molar refractivity (Wildman–Crippen MR) is 110 cm³/mol. The van der Waals surface area contributed by atoms with Gasteiger partial charge in [-0.2, -0.15) is 0 Å². The Balaban J connectivity index is 1.86. The Morgan fingerprint density at radius 2 is 1.48 bits per heavy atom. The summed E-state index contributed by atoms with van der Waals surface area (Å²) in [5, 5.41) is 8.77. The number of amides is 2. The van der Waals surface area contributed by atoms with Gasteiger partial charge in [-0.15, -0.1) is 0 Å². The molecule has 5 nitrogen and oxygen atoms in total. The Morgan fingerprint density at radius 1 is 0.920 bits per heavy atom. The number of anilines is 2. The summed E-state index contributed by atoms with van der Waals surface area (Å²) in [5.74, 6) is -0.281. The number of carbonyl (C=O) groups is 2. The summed E-state index contributed by atoms with van der Waals surface area (Å²) in [4.78, 5) is 24.1. The molecule has 0 aliphatic rings. The first-order valence-corrected chi connectivity index (χ1v) is 9.03. The number of hydrogen-bond donors (Lipinski definition) is 3. The first kappa shape index (κ1) is 19.2. The third kappa shape index (κ3) is 6.74. The van der Waals surface area contributed by atoms with Crippen LogP contribution in [-0.2, 0) is 4.79 Å². The van der Waals surface area contributed by atoms with Crippen LogP contribution in [0.25, 0.3) is 0 Å². The van der Waals surface area contributed by atoms with Crippen LogP contribution in [0.1, 0.15) is 31.1 Å². The van der Waals surface area contributed by atoms with Gasteiger partial charge in [-0.05, 0) is 91.9 Å². The summed E-state index contributed by atoms with van der Waals surface area (Å²) in [6.07, 6.45) is 0. The van der Waals surface area contributed by atoms with Crippen LogP contribution in [0.2, 0.25) is 0 Å². The lowest BCUT2D eigenvalue weighted by Gasteiger charge is -2.20. The van der Waals surface area contributed by atoms with Crippen LogP contribution in [0, 0.1) is 3.57 Å². The van der Waals surface area contributed by atoms with Crippen molar-refractivity contribution in [3.05, 3.63) is 57.7 Å². The Kier molecular flexibility index (Phi) is 6.41. The highest BCUT2D eigenvalue weighted by molar-refractivity contribution is 14.1. The second-order valence-corrected chi connectivity index (χ2v) is 7.94. The Hall–Kier alpha value is -2.09. The average molecular weight is 451 g/mol. The van der Waals surface area contributed by atoms with E-state index in [1.54, 1.807) is 24.3 Å². The molecule has 0 fully saturated rings. The lowest BCUT2D eigenvalue weighted by atomic mass is 10.1. The van der Waals surface area contributed by atoms with Gasteiger partial charge in [0.1, 0.15) is 0 Å².